The molecule has 0 aliphatic carbocycles. The molecule has 0 aliphatic rings. The number of nitrogens with one attached hydrogen (secondary N) is 1. The zero-order chi connectivity index (χ0) is 13.2. The first-order valence-electron chi connectivity index (χ1n) is 6.30. The van der Waals surface area contributed by atoms with Crippen molar-refractivity contribution in [2.45, 2.75) is 13.5 Å². The topological polar surface area (TPSA) is 42.7 Å². The van der Waals surface area contributed by atoms with Crippen LogP contribution in [0.1, 0.15) is 11.3 Å². The predicted molar refractivity (Wildman–Crippen MR) is 77.0 cm³/mol. The lowest BCUT2D eigenvalue weighted by molar-refractivity contribution is 0.738. The van der Waals surface area contributed by atoms with E-state index < -0.39 is 0 Å². The van der Waals surface area contributed by atoms with E-state index in [4.69, 9.17) is 0 Å². The number of nitrogens with zero attached hydrogens (tertiary/aromatic N) is 3. The number of pyridine rings is 1. The zero-order valence-corrected chi connectivity index (χ0v) is 11.1. The van der Waals surface area contributed by atoms with Crippen molar-refractivity contribution in [3.63, 3.8) is 0 Å². The Morgan fingerprint density at radius 3 is 2.89 bits per heavy atom. The second-order valence-corrected chi connectivity index (χ2v) is 4.63. The van der Waals surface area contributed by atoms with Crippen LogP contribution in [0, 0.1) is 6.92 Å². The number of fused-ring (bicyclic) bond motifs is 1. The summed E-state index contributed by atoms with van der Waals surface area (Å²) in [5, 5.41) is 10.1. The number of anilines is 1. The van der Waals surface area contributed by atoms with E-state index in [1.54, 1.807) is 0 Å². The molecule has 0 bridgehead atoms. The van der Waals surface area contributed by atoms with E-state index in [1.807, 2.05) is 42.5 Å². The molecule has 19 heavy (non-hydrogen) atoms. The van der Waals surface area contributed by atoms with Crippen molar-refractivity contribution in [3.8, 4) is 0 Å². The Bertz CT molecular complexity index is 710. The largest absolute Gasteiger partial charge is 0.380 e. The van der Waals surface area contributed by atoms with Crippen LogP contribution in [0.3, 0.4) is 0 Å². The van der Waals surface area contributed by atoms with E-state index in [-0.39, 0.29) is 0 Å². The summed E-state index contributed by atoms with van der Waals surface area (Å²) in [5.41, 5.74) is 3.53. The molecule has 4 heteroatoms. The molecule has 0 aliphatic heterocycles. The van der Waals surface area contributed by atoms with Crippen LogP contribution in [0.15, 0.2) is 42.9 Å². The summed E-state index contributed by atoms with van der Waals surface area (Å²) in [6.45, 7) is 2.86. The number of aromatic nitrogens is 3. The number of hydrogen-bond donors (Lipinski definition) is 1. The quantitative estimate of drug-likeness (QED) is 0.779. The van der Waals surface area contributed by atoms with Gasteiger partial charge in [-0.05, 0) is 19.1 Å². The van der Waals surface area contributed by atoms with Crippen LogP contribution in [0.4, 0.5) is 5.69 Å². The van der Waals surface area contributed by atoms with Gasteiger partial charge < -0.3 is 5.32 Å². The standard InChI is InChI=1S/C15H16N4/c1-11-13(10-18-19(11)2)9-17-15-5-3-4-12-8-16-7-6-14(12)15/h3-8,10,17H,9H2,1-2H3. The summed E-state index contributed by atoms with van der Waals surface area (Å²) in [6.07, 6.45) is 5.62. The summed E-state index contributed by atoms with van der Waals surface area (Å²) < 4.78 is 1.89. The summed E-state index contributed by atoms with van der Waals surface area (Å²) in [4.78, 5) is 4.15. The number of aryl methyl sites for hydroxylation is 1. The summed E-state index contributed by atoms with van der Waals surface area (Å²) in [6, 6.07) is 8.24. The van der Waals surface area contributed by atoms with Crippen molar-refractivity contribution in [1.29, 1.82) is 0 Å². The molecule has 3 aromatic rings. The van der Waals surface area contributed by atoms with Gasteiger partial charge in [-0.25, -0.2) is 0 Å². The van der Waals surface area contributed by atoms with E-state index in [2.05, 4.69) is 34.5 Å². The van der Waals surface area contributed by atoms with Gasteiger partial charge in [-0.2, -0.15) is 5.10 Å². The van der Waals surface area contributed by atoms with Gasteiger partial charge in [0, 0.05) is 53.7 Å². The van der Waals surface area contributed by atoms with Crippen LogP contribution in [-0.2, 0) is 13.6 Å². The van der Waals surface area contributed by atoms with Crippen molar-refractivity contribution in [2.24, 2.45) is 7.05 Å². The smallest absolute Gasteiger partial charge is 0.0542 e. The normalized spacial score (nSPS) is 10.8. The third-order valence-electron chi connectivity index (χ3n) is 3.49. The lowest BCUT2D eigenvalue weighted by Crippen LogP contribution is -2.02. The van der Waals surface area contributed by atoms with E-state index >= 15 is 0 Å². The van der Waals surface area contributed by atoms with Gasteiger partial charge in [0.2, 0.25) is 0 Å². The molecule has 4 nitrogen and oxygen atoms in total. The lowest BCUT2D eigenvalue weighted by Gasteiger charge is -2.09. The van der Waals surface area contributed by atoms with Crippen LogP contribution in [0.5, 0.6) is 0 Å². The van der Waals surface area contributed by atoms with Gasteiger partial charge in [0.25, 0.3) is 0 Å². The van der Waals surface area contributed by atoms with Gasteiger partial charge in [-0.3, -0.25) is 9.67 Å². The van der Waals surface area contributed by atoms with Crippen molar-refractivity contribution >= 4 is 16.5 Å². The van der Waals surface area contributed by atoms with Crippen LogP contribution in [-0.4, -0.2) is 14.8 Å². The number of benzene rings is 1. The second-order valence-electron chi connectivity index (χ2n) is 4.63. The molecule has 3 rings (SSSR count). The Kier molecular flexibility index (Phi) is 2.91. The average molecular weight is 252 g/mol. The number of hydrogen-bond acceptors (Lipinski definition) is 3. The molecule has 0 spiro atoms. The average Bonchev–Trinajstić information content (AvgIpc) is 2.76. The Balaban J connectivity index is 1.88. The fraction of sp³-hybridized carbons (Fsp3) is 0.200. The Morgan fingerprint density at radius 1 is 1.21 bits per heavy atom. The molecular weight excluding hydrogens is 236 g/mol. The van der Waals surface area contributed by atoms with Crippen LogP contribution in [0.25, 0.3) is 10.8 Å². The highest BCUT2D eigenvalue weighted by Crippen LogP contribution is 2.22. The molecule has 0 saturated carbocycles. The van der Waals surface area contributed by atoms with Crippen molar-refractivity contribution in [1.82, 2.24) is 14.8 Å². The molecule has 1 N–H and O–H groups in total. The van der Waals surface area contributed by atoms with Gasteiger partial charge in [-0.15, -0.1) is 0 Å². The third-order valence-corrected chi connectivity index (χ3v) is 3.49. The van der Waals surface area contributed by atoms with Crippen LogP contribution >= 0.6 is 0 Å². The maximum Gasteiger partial charge on any atom is 0.0542 e. The molecule has 0 saturated heterocycles. The highest BCUT2D eigenvalue weighted by Gasteiger charge is 2.04. The monoisotopic (exact) mass is 252 g/mol. The summed E-state index contributed by atoms with van der Waals surface area (Å²) in [7, 11) is 1.96. The minimum absolute atomic E-state index is 0.779. The molecule has 0 radical (unpaired) electrons. The SMILES string of the molecule is Cc1c(CNc2cccc3cnccc23)cnn1C. The van der Waals surface area contributed by atoms with Gasteiger partial charge in [0.1, 0.15) is 0 Å². The second kappa shape index (κ2) is 4.72. The first-order valence-corrected chi connectivity index (χ1v) is 6.30. The maximum atomic E-state index is 4.26. The first-order chi connectivity index (χ1) is 9.25. The minimum atomic E-state index is 0.779. The third kappa shape index (κ3) is 2.17. The highest BCUT2D eigenvalue weighted by molar-refractivity contribution is 5.93. The molecular formula is C15H16N4. The van der Waals surface area contributed by atoms with Crippen LogP contribution in [0.2, 0.25) is 0 Å². The molecule has 2 aromatic heterocycles. The zero-order valence-electron chi connectivity index (χ0n) is 11.1. The fourth-order valence-electron chi connectivity index (χ4n) is 2.18. The number of rotatable bonds is 3. The molecule has 0 fully saturated rings. The summed E-state index contributed by atoms with van der Waals surface area (Å²) >= 11 is 0. The van der Waals surface area contributed by atoms with Crippen molar-refractivity contribution in [3.05, 3.63) is 54.1 Å². The van der Waals surface area contributed by atoms with Gasteiger partial charge in [0.15, 0.2) is 0 Å². The van der Waals surface area contributed by atoms with Crippen molar-refractivity contribution in [2.75, 3.05) is 5.32 Å². The highest BCUT2D eigenvalue weighted by atomic mass is 15.3. The van der Waals surface area contributed by atoms with E-state index in [9.17, 15) is 0 Å². The molecule has 2 heterocycles. The lowest BCUT2D eigenvalue weighted by atomic mass is 10.1. The van der Waals surface area contributed by atoms with Crippen molar-refractivity contribution < 1.29 is 0 Å². The van der Waals surface area contributed by atoms with Gasteiger partial charge in [-0.1, -0.05) is 12.1 Å². The van der Waals surface area contributed by atoms with Gasteiger partial charge >= 0.3 is 0 Å². The first kappa shape index (κ1) is 11.7. The molecule has 0 unspecified atom stereocenters. The molecule has 0 atom stereocenters. The van der Waals surface area contributed by atoms with Crippen LogP contribution < -0.4 is 5.32 Å². The Hall–Kier alpha value is -2.36. The molecule has 0 amide bonds. The predicted octanol–water partition coefficient (Wildman–Crippen LogP) is 2.89. The minimum Gasteiger partial charge on any atom is -0.380 e. The molecule has 96 valence electrons. The van der Waals surface area contributed by atoms with Gasteiger partial charge in [0.05, 0.1) is 6.20 Å². The Labute approximate surface area is 112 Å². The summed E-state index contributed by atoms with van der Waals surface area (Å²) in [5.74, 6) is 0. The molecule has 1 aromatic carbocycles. The van der Waals surface area contributed by atoms with E-state index in [1.165, 1.54) is 16.6 Å². The fourth-order valence-corrected chi connectivity index (χ4v) is 2.18. The maximum absolute atomic E-state index is 4.26. The van der Waals surface area contributed by atoms with E-state index in [0.29, 0.717) is 0 Å². The van der Waals surface area contributed by atoms with E-state index in [0.717, 1.165) is 17.6 Å². The Morgan fingerprint density at radius 2 is 2.11 bits per heavy atom.